The number of rotatable bonds is 3. The van der Waals surface area contributed by atoms with E-state index in [9.17, 15) is 4.79 Å². The lowest BCUT2D eigenvalue weighted by molar-refractivity contribution is -0.00461. The zero-order valence-electron chi connectivity index (χ0n) is 10.7. The van der Waals surface area contributed by atoms with E-state index in [1.807, 2.05) is 0 Å². The third-order valence-electron chi connectivity index (χ3n) is 3.27. The Balaban J connectivity index is 2.14. The molecule has 4 nitrogen and oxygen atoms in total. The summed E-state index contributed by atoms with van der Waals surface area (Å²) in [6, 6.07) is 5.18. The molecule has 1 saturated heterocycles. The van der Waals surface area contributed by atoms with Gasteiger partial charge in [-0.1, -0.05) is 11.6 Å². The molecular weight excluding hydrogens is 334 g/mol. The summed E-state index contributed by atoms with van der Waals surface area (Å²) in [5, 5.41) is 0.525. The number of halogens is 2. The summed E-state index contributed by atoms with van der Waals surface area (Å²) in [5.74, 6) is -0.0593. The first-order valence-electron chi connectivity index (χ1n) is 5.86. The number of methoxy groups -OCH3 is 2. The van der Waals surface area contributed by atoms with Gasteiger partial charge in [0, 0.05) is 37.3 Å². The van der Waals surface area contributed by atoms with E-state index in [0.29, 0.717) is 23.7 Å². The Hall–Kier alpha value is -0.620. The third kappa shape index (κ3) is 3.11. The van der Waals surface area contributed by atoms with Crippen molar-refractivity contribution in [2.75, 3.05) is 27.3 Å². The topological polar surface area (TPSA) is 38.8 Å². The third-order valence-corrected chi connectivity index (χ3v) is 4.51. The van der Waals surface area contributed by atoms with Gasteiger partial charge in [-0.15, -0.1) is 0 Å². The number of amides is 1. The van der Waals surface area contributed by atoms with Gasteiger partial charge in [0.2, 0.25) is 0 Å². The highest BCUT2D eigenvalue weighted by Gasteiger charge is 2.35. The summed E-state index contributed by atoms with van der Waals surface area (Å²) < 4.78 is 11.4. The van der Waals surface area contributed by atoms with Crippen LogP contribution in [-0.2, 0) is 9.47 Å². The summed E-state index contributed by atoms with van der Waals surface area (Å²) >= 11 is 9.32. The fourth-order valence-electron chi connectivity index (χ4n) is 2.17. The largest absolute Gasteiger partial charge is 0.377 e. The molecule has 1 aliphatic heterocycles. The standard InChI is InChI=1S/C13H15BrClNO3/c1-18-11-6-16(7-12(11)19-2)13(17)8-3-4-9(14)10(15)5-8/h3-5,11-12H,6-7H2,1-2H3. The van der Waals surface area contributed by atoms with Crippen LogP contribution in [0.5, 0.6) is 0 Å². The average Bonchev–Trinajstić information content (AvgIpc) is 2.84. The first kappa shape index (κ1) is 14.8. The fraction of sp³-hybridized carbons (Fsp3) is 0.462. The SMILES string of the molecule is COC1CN(C(=O)c2ccc(Br)c(Cl)c2)CC1OC. The van der Waals surface area contributed by atoms with Crippen LogP contribution in [0.2, 0.25) is 5.02 Å². The highest BCUT2D eigenvalue weighted by atomic mass is 79.9. The Bertz CT molecular complexity index is 471. The van der Waals surface area contributed by atoms with Crippen molar-refractivity contribution in [3.05, 3.63) is 33.3 Å². The monoisotopic (exact) mass is 347 g/mol. The molecule has 1 amide bonds. The van der Waals surface area contributed by atoms with Gasteiger partial charge < -0.3 is 14.4 Å². The molecule has 0 bridgehead atoms. The first-order valence-corrected chi connectivity index (χ1v) is 7.03. The van der Waals surface area contributed by atoms with Crippen LogP contribution in [0.4, 0.5) is 0 Å². The van der Waals surface area contributed by atoms with Crippen LogP contribution < -0.4 is 0 Å². The van der Waals surface area contributed by atoms with Crippen molar-refractivity contribution in [3.63, 3.8) is 0 Å². The van der Waals surface area contributed by atoms with Crippen LogP contribution in [0.1, 0.15) is 10.4 Å². The second-order valence-corrected chi connectivity index (χ2v) is 5.65. The van der Waals surface area contributed by atoms with E-state index in [2.05, 4.69) is 15.9 Å². The summed E-state index contributed by atoms with van der Waals surface area (Å²) in [5.41, 5.74) is 0.569. The molecule has 0 spiro atoms. The van der Waals surface area contributed by atoms with E-state index in [0.717, 1.165) is 4.47 Å². The molecule has 1 heterocycles. The Morgan fingerprint density at radius 3 is 2.37 bits per heavy atom. The molecule has 19 heavy (non-hydrogen) atoms. The Morgan fingerprint density at radius 2 is 1.89 bits per heavy atom. The molecule has 104 valence electrons. The molecule has 6 heteroatoms. The zero-order chi connectivity index (χ0) is 14.0. The summed E-state index contributed by atoms with van der Waals surface area (Å²) in [6.07, 6.45) is -0.167. The van der Waals surface area contributed by atoms with Crippen LogP contribution >= 0.6 is 27.5 Å². The lowest BCUT2D eigenvalue weighted by Gasteiger charge is -2.16. The van der Waals surface area contributed by atoms with Crippen molar-refractivity contribution >= 4 is 33.4 Å². The molecule has 1 aromatic carbocycles. The molecule has 0 radical (unpaired) electrons. The number of benzene rings is 1. The highest BCUT2D eigenvalue weighted by molar-refractivity contribution is 9.10. The molecule has 2 atom stereocenters. The number of ether oxygens (including phenoxy) is 2. The van der Waals surface area contributed by atoms with Crippen molar-refractivity contribution in [2.24, 2.45) is 0 Å². The molecule has 0 aromatic heterocycles. The molecule has 0 saturated carbocycles. The van der Waals surface area contributed by atoms with Gasteiger partial charge in [-0.25, -0.2) is 0 Å². The van der Waals surface area contributed by atoms with Gasteiger partial charge in [-0.3, -0.25) is 4.79 Å². The second-order valence-electron chi connectivity index (χ2n) is 4.39. The van der Waals surface area contributed by atoms with E-state index in [4.69, 9.17) is 21.1 Å². The van der Waals surface area contributed by atoms with Crippen LogP contribution in [0.15, 0.2) is 22.7 Å². The number of carbonyl (C=O) groups excluding carboxylic acids is 1. The molecule has 0 N–H and O–H groups in total. The maximum atomic E-state index is 12.4. The minimum absolute atomic E-state index is 0.0593. The summed E-state index contributed by atoms with van der Waals surface area (Å²) in [7, 11) is 3.25. The zero-order valence-corrected chi connectivity index (χ0v) is 13.1. The molecule has 2 rings (SSSR count). The molecule has 1 aromatic rings. The number of hydrogen-bond acceptors (Lipinski definition) is 3. The van der Waals surface area contributed by atoms with Crippen molar-refractivity contribution in [3.8, 4) is 0 Å². The predicted octanol–water partition coefficient (Wildman–Crippen LogP) is 2.59. The van der Waals surface area contributed by atoms with E-state index in [1.165, 1.54) is 0 Å². The van der Waals surface area contributed by atoms with E-state index in [1.54, 1.807) is 37.3 Å². The summed E-state index contributed by atoms with van der Waals surface area (Å²) in [6.45, 7) is 1.06. The lowest BCUT2D eigenvalue weighted by atomic mass is 10.2. The van der Waals surface area contributed by atoms with Gasteiger partial charge in [0.1, 0.15) is 12.2 Å². The van der Waals surface area contributed by atoms with Crippen LogP contribution in [0, 0.1) is 0 Å². The Kier molecular flexibility index (Phi) is 4.84. The van der Waals surface area contributed by atoms with Crippen molar-refractivity contribution in [2.45, 2.75) is 12.2 Å². The Morgan fingerprint density at radius 1 is 1.32 bits per heavy atom. The maximum Gasteiger partial charge on any atom is 0.254 e. The predicted molar refractivity (Wildman–Crippen MR) is 76.6 cm³/mol. The van der Waals surface area contributed by atoms with Gasteiger partial charge in [-0.05, 0) is 34.1 Å². The molecule has 1 aliphatic rings. The Labute approximate surface area is 125 Å². The van der Waals surface area contributed by atoms with E-state index in [-0.39, 0.29) is 18.1 Å². The number of likely N-dealkylation sites (tertiary alicyclic amines) is 1. The van der Waals surface area contributed by atoms with E-state index < -0.39 is 0 Å². The van der Waals surface area contributed by atoms with Crippen molar-refractivity contribution in [1.29, 1.82) is 0 Å². The van der Waals surface area contributed by atoms with Gasteiger partial charge in [0.25, 0.3) is 5.91 Å². The van der Waals surface area contributed by atoms with Crippen LogP contribution in [0.3, 0.4) is 0 Å². The number of nitrogens with zero attached hydrogens (tertiary/aromatic N) is 1. The van der Waals surface area contributed by atoms with Crippen molar-refractivity contribution in [1.82, 2.24) is 4.90 Å². The highest BCUT2D eigenvalue weighted by Crippen LogP contribution is 2.25. The summed E-state index contributed by atoms with van der Waals surface area (Å²) in [4.78, 5) is 14.1. The van der Waals surface area contributed by atoms with Gasteiger partial charge in [-0.2, -0.15) is 0 Å². The number of carbonyl (C=O) groups is 1. The van der Waals surface area contributed by atoms with Crippen LogP contribution in [0.25, 0.3) is 0 Å². The lowest BCUT2D eigenvalue weighted by Crippen LogP contribution is -2.30. The first-order chi connectivity index (χ1) is 9.06. The van der Waals surface area contributed by atoms with Crippen LogP contribution in [-0.4, -0.2) is 50.3 Å². The average molecular weight is 349 g/mol. The smallest absolute Gasteiger partial charge is 0.254 e. The van der Waals surface area contributed by atoms with Gasteiger partial charge in [0.15, 0.2) is 0 Å². The van der Waals surface area contributed by atoms with Gasteiger partial charge >= 0.3 is 0 Å². The van der Waals surface area contributed by atoms with Crippen molar-refractivity contribution < 1.29 is 14.3 Å². The quantitative estimate of drug-likeness (QED) is 0.843. The molecule has 1 fully saturated rings. The molecular formula is C13H15BrClNO3. The minimum atomic E-state index is -0.0835. The fourth-order valence-corrected chi connectivity index (χ4v) is 2.60. The second kappa shape index (κ2) is 6.22. The van der Waals surface area contributed by atoms with Gasteiger partial charge in [0.05, 0.1) is 5.02 Å². The van der Waals surface area contributed by atoms with E-state index >= 15 is 0 Å². The number of hydrogen-bond donors (Lipinski definition) is 0. The minimum Gasteiger partial charge on any atom is -0.377 e. The normalized spacial score (nSPS) is 22.8. The maximum absolute atomic E-state index is 12.4. The molecule has 2 unspecified atom stereocenters. The molecule has 0 aliphatic carbocycles.